The van der Waals surface area contributed by atoms with Crippen molar-refractivity contribution in [2.45, 2.75) is 32.7 Å². The van der Waals surface area contributed by atoms with E-state index in [1.165, 1.54) is 6.07 Å². The van der Waals surface area contributed by atoms with Crippen molar-refractivity contribution in [1.82, 2.24) is 5.32 Å². The minimum absolute atomic E-state index is 0.167. The predicted molar refractivity (Wildman–Crippen MR) is 68.2 cm³/mol. The molecule has 0 aromatic heterocycles. The van der Waals surface area contributed by atoms with Gasteiger partial charge in [-0.2, -0.15) is 0 Å². The second-order valence-corrected chi connectivity index (χ2v) is 4.51. The van der Waals surface area contributed by atoms with Gasteiger partial charge < -0.3 is 10.4 Å². The Balaban J connectivity index is 2.42. The number of hydrogen-bond donors (Lipinski definition) is 2. The molecule has 1 rings (SSSR count). The molecule has 0 saturated carbocycles. The SMILES string of the molecule is CCCC(CCO)CNCc1cccc(F)c1F. The average molecular weight is 257 g/mol. The van der Waals surface area contributed by atoms with E-state index < -0.39 is 11.6 Å². The van der Waals surface area contributed by atoms with Crippen LogP contribution >= 0.6 is 0 Å². The van der Waals surface area contributed by atoms with E-state index in [1.807, 2.05) is 0 Å². The van der Waals surface area contributed by atoms with Gasteiger partial charge in [-0.05, 0) is 31.4 Å². The molecule has 0 saturated heterocycles. The molecule has 1 atom stereocenters. The quantitative estimate of drug-likeness (QED) is 0.750. The van der Waals surface area contributed by atoms with Crippen LogP contribution in [-0.4, -0.2) is 18.3 Å². The van der Waals surface area contributed by atoms with E-state index in [2.05, 4.69) is 12.2 Å². The molecule has 102 valence electrons. The largest absolute Gasteiger partial charge is 0.396 e. The Labute approximate surface area is 107 Å². The van der Waals surface area contributed by atoms with Crippen molar-refractivity contribution in [3.05, 3.63) is 35.4 Å². The maximum Gasteiger partial charge on any atom is 0.163 e. The molecule has 1 aromatic carbocycles. The second kappa shape index (κ2) is 8.16. The molecule has 2 N–H and O–H groups in total. The Hall–Kier alpha value is -1.00. The average Bonchev–Trinajstić information content (AvgIpc) is 2.35. The van der Waals surface area contributed by atoms with E-state index in [9.17, 15) is 8.78 Å². The molecule has 0 spiro atoms. The fourth-order valence-corrected chi connectivity index (χ4v) is 2.04. The van der Waals surface area contributed by atoms with Crippen molar-refractivity contribution in [3.63, 3.8) is 0 Å². The summed E-state index contributed by atoms with van der Waals surface area (Å²) in [5, 5.41) is 12.0. The van der Waals surface area contributed by atoms with E-state index in [0.29, 0.717) is 24.6 Å². The number of aliphatic hydroxyl groups is 1. The number of hydrogen-bond acceptors (Lipinski definition) is 2. The van der Waals surface area contributed by atoms with Crippen LogP contribution in [0.4, 0.5) is 8.78 Å². The van der Waals surface area contributed by atoms with Gasteiger partial charge in [0.1, 0.15) is 0 Å². The van der Waals surface area contributed by atoms with Gasteiger partial charge in [-0.15, -0.1) is 0 Å². The van der Waals surface area contributed by atoms with Crippen LogP contribution in [0.25, 0.3) is 0 Å². The van der Waals surface area contributed by atoms with Gasteiger partial charge in [0, 0.05) is 18.7 Å². The van der Waals surface area contributed by atoms with Gasteiger partial charge in [0.25, 0.3) is 0 Å². The van der Waals surface area contributed by atoms with E-state index in [1.54, 1.807) is 6.07 Å². The molecule has 0 aliphatic rings. The monoisotopic (exact) mass is 257 g/mol. The molecule has 0 fully saturated rings. The summed E-state index contributed by atoms with van der Waals surface area (Å²) in [5.74, 6) is -1.20. The van der Waals surface area contributed by atoms with Crippen molar-refractivity contribution in [1.29, 1.82) is 0 Å². The van der Waals surface area contributed by atoms with Crippen molar-refractivity contribution >= 4 is 0 Å². The first-order valence-electron chi connectivity index (χ1n) is 6.43. The third kappa shape index (κ3) is 4.70. The van der Waals surface area contributed by atoms with Crippen LogP contribution in [-0.2, 0) is 6.54 Å². The molecule has 0 heterocycles. The van der Waals surface area contributed by atoms with Gasteiger partial charge in [-0.1, -0.05) is 25.5 Å². The molecule has 2 nitrogen and oxygen atoms in total. The lowest BCUT2D eigenvalue weighted by molar-refractivity contribution is 0.248. The highest BCUT2D eigenvalue weighted by Crippen LogP contribution is 2.12. The molecule has 0 amide bonds. The number of aliphatic hydroxyl groups excluding tert-OH is 1. The number of benzene rings is 1. The number of nitrogens with one attached hydrogen (secondary N) is 1. The standard InChI is InChI=1S/C14H21F2NO/c1-2-4-11(7-8-18)9-17-10-12-5-3-6-13(15)14(12)16/h3,5-6,11,17-18H,2,4,7-10H2,1H3. The minimum Gasteiger partial charge on any atom is -0.396 e. The van der Waals surface area contributed by atoms with Crippen LogP contribution in [0.3, 0.4) is 0 Å². The van der Waals surface area contributed by atoms with Crippen LogP contribution in [0.1, 0.15) is 31.7 Å². The predicted octanol–water partition coefficient (Wildman–Crippen LogP) is 2.85. The lowest BCUT2D eigenvalue weighted by Gasteiger charge is -2.15. The van der Waals surface area contributed by atoms with Crippen LogP contribution in [0.15, 0.2) is 18.2 Å². The van der Waals surface area contributed by atoms with E-state index in [0.717, 1.165) is 25.3 Å². The fraction of sp³-hybridized carbons (Fsp3) is 0.571. The van der Waals surface area contributed by atoms with E-state index in [-0.39, 0.29) is 6.61 Å². The molecule has 0 radical (unpaired) electrons. The van der Waals surface area contributed by atoms with Gasteiger partial charge >= 0.3 is 0 Å². The summed E-state index contributed by atoms with van der Waals surface area (Å²) in [5.41, 5.74) is 0.342. The Morgan fingerprint density at radius 1 is 1.28 bits per heavy atom. The topological polar surface area (TPSA) is 32.3 Å². The van der Waals surface area contributed by atoms with Crippen molar-refractivity contribution < 1.29 is 13.9 Å². The lowest BCUT2D eigenvalue weighted by atomic mass is 10.0. The molecule has 0 aliphatic heterocycles. The zero-order valence-electron chi connectivity index (χ0n) is 10.8. The highest BCUT2D eigenvalue weighted by atomic mass is 19.2. The summed E-state index contributed by atoms with van der Waals surface area (Å²) in [7, 11) is 0. The second-order valence-electron chi connectivity index (χ2n) is 4.51. The molecule has 1 unspecified atom stereocenters. The molecular weight excluding hydrogens is 236 g/mol. The molecule has 0 aliphatic carbocycles. The maximum absolute atomic E-state index is 13.4. The summed E-state index contributed by atoms with van der Waals surface area (Å²) in [6, 6.07) is 4.20. The Bertz CT molecular complexity index is 352. The summed E-state index contributed by atoms with van der Waals surface area (Å²) < 4.78 is 26.3. The zero-order chi connectivity index (χ0) is 13.4. The number of rotatable bonds is 8. The smallest absolute Gasteiger partial charge is 0.163 e. The van der Waals surface area contributed by atoms with Crippen LogP contribution in [0.2, 0.25) is 0 Å². The summed E-state index contributed by atoms with van der Waals surface area (Å²) >= 11 is 0. The van der Waals surface area contributed by atoms with E-state index >= 15 is 0 Å². The van der Waals surface area contributed by atoms with Gasteiger partial charge in [0.15, 0.2) is 11.6 Å². The van der Waals surface area contributed by atoms with Gasteiger partial charge in [0.2, 0.25) is 0 Å². The fourth-order valence-electron chi connectivity index (χ4n) is 2.04. The van der Waals surface area contributed by atoms with Crippen molar-refractivity contribution in [3.8, 4) is 0 Å². The summed E-state index contributed by atoms with van der Waals surface area (Å²) in [6.07, 6.45) is 2.83. The van der Waals surface area contributed by atoms with Gasteiger partial charge in [0.05, 0.1) is 0 Å². The molecule has 0 bridgehead atoms. The highest BCUT2D eigenvalue weighted by molar-refractivity contribution is 5.18. The third-order valence-electron chi connectivity index (χ3n) is 3.01. The first kappa shape index (κ1) is 15.1. The first-order valence-corrected chi connectivity index (χ1v) is 6.43. The zero-order valence-corrected chi connectivity index (χ0v) is 10.8. The molecular formula is C14H21F2NO. The Kier molecular flexibility index (Phi) is 6.83. The Morgan fingerprint density at radius 3 is 2.72 bits per heavy atom. The highest BCUT2D eigenvalue weighted by Gasteiger charge is 2.09. The molecule has 4 heteroatoms. The first-order chi connectivity index (χ1) is 8.69. The van der Waals surface area contributed by atoms with E-state index in [4.69, 9.17) is 5.11 Å². The van der Waals surface area contributed by atoms with Crippen molar-refractivity contribution in [2.24, 2.45) is 5.92 Å². The normalized spacial score (nSPS) is 12.7. The number of halogens is 2. The molecule has 18 heavy (non-hydrogen) atoms. The Morgan fingerprint density at radius 2 is 2.06 bits per heavy atom. The van der Waals surface area contributed by atoms with Gasteiger partial charge in [-0.25, -0.2) is 8.78 Å². The lowest BCUT2D eigenvalue weighted by Crippen LogP contribution is -2.23. The minimum atomic E-state index is -0.810. The van der Waals surface area contributed by atoms with Crippen LogP contribution < -0.4 is 5.32 Å². The van der Waals surface area contributed by atoms with Crippen LogP contribution in [0.5, 0.6) is 0 Å². The van der Waals surface area contributed by atoms with Crippen LogP contribution in [0, 0.1) is 17.6 Å². The maximum atomic E-state index is 13.4. The summed E-state index contributed by atoms with van der Waals surface area (Å²) in [6.45, 7) is 3.29. The van der Waals surface area contributed by atoms with Gasteiger partial charge in [-0.3, -0.25) is 0 Å². The third-order valence-corrected chi connectivity index (χ3v) is 3.01. The summed E-state index contributed by atoms with van der Waals surface area (Å²) in [4.78, 5) is 0. The van der Waals surface area contributed by atoms with Crippen molar-refractivity contribution in [2.75, 3.05) is 13.2 Å². The molecule has 1 aromatic rings.